The van der Waals surface area contributed by atoms with Crippen LogP contribution in [-0.2, 0) is 20.8 Å². The summed E-state index contributed by atoms with van der Waals surface area (Å²) in [6.45, 7) is 8.05. The molecule has 1 amide bonds. The highest BCUT2D eigenvalue weighted by molar-refractivity contribution is 5.68. The van der Waals surface area contributed by atoms with Gasteiger partial charge in [0.15, 0.2) is 0 Å². The normalized spacial score (nSPS) is 18.0. The molecule has 0 spiro atoms. The van der Waals surface area contributed by atoms with Gasteiger partial charge in [-0.25, -0.2) is 4.79 Å². The quantitative estimate of drug-likeness (QED) is 0.820. The molecule has 0 bridgehead atoms. The van der Waals surface area contributed by atoms with E-state index < -0.39 is 5.60 Å². The minimum atomic E-state index is -0.465. The Morgan fingerprint density at radius 1 is 1.23 bits per heavy atom. The molecule has 0 radical (unpaired) electrons. The van der Waals surface area contributed by atoms with Crippen molar-refractivity contribution in [3.63, 3.8) is 0 Å². The molecule has 0 saturated carbocycles. The van der Waals surface area contributed by atoms with Crippen LogP contribution in [0, 0.1) is 0 Å². The molecule has 2 aliphatic heterocycles. The first-order valence-electron chi connectivity index (χ1n) is 9.15. The number of rotatable bonds is 4. The van der Waals surface area contributed by atoms with Crippen molar-refractivity contribution in [2.45, 2.75) is 51.8 Å². The average Bonchev–Trinajstić information content (AvgIpc) is 3.14. The molecule has 1 aromatic rings. The van der Waals surface area contributed by atoms with Crippen molar-refractivity contribution in [3.8, 4) is 0 Å². The predicted molar refractivity (Wildman–Crippen MR) is 97.9 cm³/mol. The minimum Gasteiger partial charge on any atom is -0.459 e. The van der Waals surface area contributed by atoms with Crippen molar-refractivity contribution in [2.24, 2.45) is 0 Å². The number of likely N-dealkylation sites (tertiary alicyclic amines) is 1. The van der Waals surface area contributed by atoms with Crippen LogP contribution in [0.25, 0.3) is 0 Å². The van der Waals surface area contributed by atoms with Crippen LogP contribution < -0.4 is 0 Å². The topological polar surface area (TPSA) is 51.2 Å². The van der Waals surface area contributed by atoms with Crippen LogP contribution in [0.4, 0.5) is 4.79 Å². The first-order chi connectivity index (χ1) is 12.4. The number of amides is 1. The molecular weight excluding hydrogens is 332 g/mol. The van der Waals surface area contributed by atoms with Gasteiger partial charge in [0.25, 0.3) is 0 Å². The average molecular weight is 360 g/mol. The van der Waals surface area contributed by atoms with Crippen molar-refractivity contribution >= 4 is 6.09 Å². The van der Waals surface area contributed by atoms with Gasteiger partial charge in [-0.2, -0.15) is 0 Å². The van der Waals surface area contributed by atoms with E-state index in [4.69, 9.17) is 14.2 Å². The summed E-state index contributed by atoms with van der Waals surface area (Å²) in [7, 11) is 0. The summed E-state index contributed by atoms with van der Waals surface area (Å²) in [5.74, 6) is 0.768. The number of hydrogen-bond acceptors (Lipinski definition) is 5. The zero-order valence-electron chi connectivity index (χ0n) is 15.8. The maximum Gasteiger partial charge on any atom is 0.410 e. The summed E-state index contributed by atoms with van der Waals surface area (Å²) in [5, 5.41) is 0. The minimum absolute atomic E-state index is 0.231. The number of nitrogens with zero attached hydrogens (tertiary/aromatic N) is 2. The number of hydrogen-bond donors (Lipinski definition) is 0. The van der Waals surface area contributed by atoms with Gasteiger partial charge in [0, 0.05) is 25.7 Å². The number of benzene rings is 1. The fraction of sp³-hybridized carbons (Fsp3) is 0.550. The van der Waals surface area contributed by atoms with E-state index in [2.05, 4.69) is 17.0 Å². The van der Waals surface area contributed by atoms with Gasteiger partial charge in [-0.05, 0) is 39.2 Å². The van der Waals surface area contributed by atoms with Gasteiger partial charge in [0.2, 0.25) is 12.7 Å². The molecular formula is C20H28N2O4. The molecule has 142 valence electrons. The highest BCUT2D eigenvalue weighted by Crippen LogP contribution is 2.26. The van der Waals surface area contributed by atoms with Gasteiger partial charge in [0.1, 0.15) is 11.9 Å². The van der Waals surface area contributed by atoms with Crippen molar-refractivity contribution in [1.29, 1.82) is 0 Å². The lowest BCUT2D eigenvalue weighted by Gasteiger charge is -2.39. The Kier molecular flexibility index (Phi) is 5.59. The van der Waals surface area contributed by atoms with Gasteiger partial charge in [-0.15, -0.1) is 0 Å². The molecule has 0 atom stereocenters. The second kappa shape index (κ2) is 7.89. The molecule has 3 rings (SSSR count). The molecule has 1 saturated heterocycles. The lowest BCUT2D eigenvalue weighted by atomic mass is 10.0. The monoisotopic (exact) mass is 360 g/mol. The second-order valence-corrected chi connectivity index (χ2v) is 7.70. The highest BCUT2D eigenvalue weighted by Gasteiger charge is 2.31. The Morgan fingerprint density at radius 2 is 1.92 bits per heavy atom. The van der Waals surface area contributed by atoms with Gasteiger partial charge < -0.3 is 24.0 Å². The van der Waals surface area contributed by atoms with E-state index in [9.17, 15) is 4.79 Å². The Labute approximate surface area is 155 Å². The molecule has 2 aliphatic rings. The third kappa shape index (κ3) is 4.84. The van der Waals surface area contributed by atoms with Gasteiger partial charge in [-0.1, -0.05) is 30.3 Å². The summed E-state index contributed by atoms with van der Waals surface area (Å²) >= 11 is 0. The number of piperidine rings is 1. The van der Waals surface area contributed by atoms with Gasteiger partial charge >= 0.3 is 6.09 Å². The first kappa shape index (κ1) is 18.4. The van der Waals surface area contributed by atoms with Crippen LogP contribution in [0.3, 0.4) is 0 Å². The molecule has 6 heteroatoms. The Bertz CT molecular complexity index is 631. The predicted octanol–water partition coefficient (Wildman–Crippen LogP) is 3.69. The van der Waals surface area contributed by atoms with Crippen LogP contribution in [0.5, 0.6) is 0 Å². The van der Waals surface area contributed by atoms with Crippen LogP contribution in [-0.4, -0.2) is 47.4 Å². The molecule has 0 aromatic heterocycles. The SMILES string of the molecule is CC(C)(C)OC(=O)N1CCC(N(Cc2ccccc2)C2=COCO2)CC1. The van der Waals surface area contributed by atoms with Gasteiger partial charge in [-0.3, -0.25) is 0 Å². The Morgan fingerprint density at radius 3 is 2.50 bits per heavy atom. The summed E-state index contributed by atoms with van der Waals surface area (Å²) < 4.78 is 16.4. The maximum absolute atomic E-state index is 12.3. The smallest absolute Gasteiger partial charge is 0.410 e. The van der Waals surface area contributed by atoms with Crippen molar-refractivity contribution < 1.29 is 19.0 Å². The Hall–Kier alpha value is -2.37. The van der Waals surface area contributed by atoms with Gasteiger partial charge in [0.05, 0.1) is 0 Å². The van der Waals surface area contributed by atoms with E-state index in [1.165, 1.54) is 5.56 Å². The number of carbonyl (C=O) groups excluding carboxylic acids is 1. The standard InChI is InChI=1S/C20H28N2O4/c1-20(2,3)26-19(23)21-11-9-17(10-12-21)22(18-14-24-15-25-18)13-16-7-5-4-6-8-16/h4-8,14,17H,9-13,15H2,1-3H3. The molecule has 0 aliphatic carbocycles. The third-order valence-electron chi connectivity index (χ3n) is 4.49. The summed E-state index contributed by atoms with van der Waals surface area (Å²) in [6.07, 6.45) is 3.19. The van der Waals surface area contributed by atoms with Crippen molar-refractivity contribution in [2.75, 3.05) is 19.9 Å². The van der Waals surface area contributed by atoms with E-state index in [0.29, 0.717) is 19.1 Å². The van der Waals surface area contributed by atoms with E-state index in [1.807, 2.05) is 39.0 Å². The Balaban J connectivity index is 1.63. The van der Waals surface area contributed by atoms with E-state index >= 15 is 0 Å². The molecule has 0 N–H and O–H groups in total. The zero-order chi connectivity index (χ0) is 18.6. The second-order valence-electron chi connectivity index (χ2n) is 7.70. The summed E-state index contributed by atoms with van der Waals surface area (Å²) in [6, 6.07) is 10.6. The molecule has 6 nitrogen and oxygen atoms in total. The molecule has 1 aromatic carbocycles. The van der Waals surface area contributed by atoms with Crippen LogP contribution in [0.15, 0.2) is 42.5 Å². The lowest BCUT2D eigenvalue weighted by molar-refractivity contribution is 0.00502. The fourth-order valence-electron chi connectivity index (χ4n) is 3.24. The van der Waals surface area contributed by atoms with Crippen LogP contribution in [0.2, 0.25) is 0 Å². The zero-order valence-corrected chi connectivity index (χ0v) is 15.8. The van der Waals surface area contributed by atoms with Crippen LogP contribution in [0.1, 0.15) is 39.2 Å². The molecule has 2 heterocycles. The number of ether oxygens (including phenoxy) is 3. The number of carbonyl (C=O) groups is 1. The molecule has 26 heavy (non-hydrogen) atoms. The lowest BCUT2D eigenvalue weighted by Crippen LogP contribution is -2.47. The van der Waals surface area contributed by atoms with Crippen molar-refractivity contribution in [1.82, 2.24) is 9.80 Å². The highest BCUT2D eigenvalue weighted by atomic mass is 16.7. The fourth-order valence-corrected chi connectivity index (χ4v) is 3.24. The third-order valence-corrected chi connectivity index (χ3v) is 4.49. The van der Waals surface area contributed by atoms with Crippen molar-refractivity contribution in [3.05, 3.63) is 48.0 Å². The first-order valence-corrected chi connectivity index (χ1v) is 9.15. The summed E-state index contributed by atoms with van der Waals surface area (Å²) in [4.78, 5) is 16.3. The molecule has 1 fully saturated rings. The largest absolute Gasteiger partial charge is 0.459 e. The van der Waals surface area contributed by atoms with E-state index in [0.717, 1.165) is 25.3 Å². The molecule has 0 unspecified atom stereocenters. The summed E-state index contributed by atoms with van der Waals surface area (Å²) in [5.41, 5.74) is 0.756. The maximum atomic E-state index is 12.3. The van der Waals surface area contributed by atoms with E-state index in [1.54, 1.807) is 11.2 Å². The van der Waals surface area contributed by atoms with E-state index in [-0.39, 0.29) is 12.9 Å². The van der Waals surface area contributed by atoms with Crippen LogP contribution >= 0.6 is 0 Å².